The summed E-state index contributed by atoms with van der Waals surface area (Å²) < 4.78 is 0. The molecule has 0 saturated carbocycles. The van der Waals surface area contributed by atoms with Crippen LogP contribution < -0.4 is 0 Å². The van der Waals surface area contributed by atoms with Gasteiger partial charge in [0.05, 0.1) is 0 Å². The van der Waals surface area contributed by atoms with Gasteiger partial charge >= 0.3 is 0 Å². The summed E-state index contributed by atoms with van der Waals surface area (Å²) in [6.45, 7) is 5.96. The Balaban J connectivity index is 1.42. The van der Waals surface area contributed by atoms with Crippen LogP contribution in [0.4, 0.5) is 0 Å². The summed E-state index contributed by atoms with van der Waals surface area (Å²) in [7, 11) is 0. The molecule has 0 bridgehead atoms. The van der Waals surface area contributed by atoms with Gasteiger partial charge < -0.3 is 14.8 Å². The van der Waals surface area contributed by atoms with E-state index in [-0.39, 0.29) is 17.6 Å². The van der Waals surface area contributed by atoms with E-state index in [4.69, 9.17) is 0 Å². The molecule has 0 radical (unpaired) electrons. The molecule has 2 aliphatic rings. The van der Waals surface area contributed by atoms with E-state index in [1.165, 1.54) is 5.56 Å². The highest BCUT2D eigenvalue weighted by molar-refractivity contribution is 6.04. The van der Waals surface area contributed by atoms with Gasteiger partial charge in [0.25, 0.3) is 11.8 Å². The largest absolute Gasteiger partial charge is 0.354 e. The lowest BCUT2D eigenvalue weighted by molar-refractivity contribution is 0.0532. The van der Waals surface area contributed by atoms with Crippen molar-refractivity contribution in [3.05, 3.63) is 57.9 Å². The number of aromatic amines is 1. The van der Waals surface area contributed by atoms with Gasteiger partial charge in [-0.1, -0.05) is 19.1 Å². The first-order chi connectivity index (χ1) is 14.0. The number of hydrogen-bond donors (Lipinski definition) is 1. The molecule has 1 aliphatic heterocycles. The van der Waals surface area contributed by atoms with E-state index in [1.807, 2.05) is 31.2 Å². The topological polar surface area (TPSA) is 73.5 Å². The normalized spacial score (nSPS) is 16.7. The highest BCUT2D eigenvalue weighted by Gasteiger charge is 2.30. The van der Waals surface area contributed by atoms with Crippen molar-refractivity contribution in [2.45, 2.75) is 39.5 Å². The van der Waals surface area contributed by atoms with Crippen molar-refractivity contribution in [2.75, 3.05) is 26.2 Å². The number of amides is 2. The molecule has 1 saturated heterocycles. The van der Waals surface area contributed by atoms with Gasteiger partial charge in [0, 0.05) is 49.4 Å². The Morgan fingerprint density at radius 3 is 2.17 bits per heavy atom. The molecule has 0 atom stereocenters. The van der Waals surface area contributed by atoms with E-state index in [9.17, 15) is 14.4 Å². The Morgan fingerprint density at radius 1 is 0.966 bits per heavy atom. The number of Topliss-reactive ketones (excluding diaryl/α,β-unsaturated/α-hetero) is 1. The third kappa shape index (κ3) is 3.59. The van der Waals surface area contributed by atoms with Gasteiger partial charge in [-0.2, -0.15) is 0 Å². The van der Waals surface area contributed by atoms with E-state index in [0.717, 1.165) is 30.5 Å². The third-order valence-corrected chi connectivity index (χ3v) is 6.11. The van der Waals surface area contributed by atoms with E-state index >= 15 is 0 Å². The summed E-state index contributed by atoms with van der Waals surface area (Å²) in [5.41, 5.74) is 4.80. The van der Waals surface area contributed by atoms with Crippen LogP contribution in [-0.4, -0.2) is 58.6 Å². The Hall–Kier alpha value is -2.89. The molecule has 2 aromatic rings. The van der Waals surface area contributed by atoms with Gasteiger partial charge in [0.15, 0.2) is 5.78 Å². The molecular weight excluding hydrogens is 366 g/mol. The zero-order valence-electron chi connectivity index (χ0n) is 17.1. The fraction of sp³-hybridized carbons (Fsp3) is 0.435. The molecule has 2 amide bonds. The molecule has 1 aromatic carbocycles. The quantitative estimate of drug-likeness (QED) is 0.871. The standard InChI is InChI=1S/C23H27N3O3/c1-3-16-7-9-17(10-8-16)22(28)25-11-13-26(14-12-25)23(29)21-15(2)20-18(24-21)5-4-6-19(20)27/h7-10,24H,3-6,11-14H2,1-2H3. The number of aromatic nitrogens is 1. The van der Waals surface area contributed by atoms with Gasteiger partial charge in [0.2, 0.25) is 0 Å². The van der Waals surface area contributed by atoms with Gasteiger partial charge in [-0.3, -0.25) is 14.4 Å². The molecule has 29 heavy (non-hydrogen) atoms. The van der Waals surface area contributed by atoms with Gasteiger partial charge in [-0.25, -0.2) is 0 Å². The summed E-state index contributed by atoms with van der Waals surface area (Å²) in [5.74, 6) is 0.0597. The number of benzene rings is 1. The van der Waals surface area contributed by atoms with E-state index in [1.54, 1.807) is 9.80 Å². The van der Waals surface area contributed by atoms with Crippen LogP contribution in [0.3, 0.4) is 0 Å². The summed E-state index contributed by atoms with van der Waals surface area (Å²) in [6, 6.07) is 7.74. The summed E-state index contributed by atoms with van der Waals surface area (Å²) in [4.78, 5) is 44.8. The fourth-order valence-electron chi connectivity index (χ4n) is 4.32. The van der Waals surface area contributed by atoms with E-state index in [0.29, 0.717) is 49.4 Å². The molecule has 1 fully saturated rings. The lowest BCUT2D eigenvalue weighted by atomic mass is 9.93. The first-order valence-corrected chi connectivity index (χ1v) is 10.4. The Morgan fingerprint density at radius 2 is 1.59 bits per heavy atom. The number of aryl methyl sites for hydroxylation is 2. The van der Waals surface area contributed by atoms with E-state index < -0.39 is 0 Å². The second-order valence-electron chi connectivity index (χ2n) is 7.89. The van der Waals surface area contributed by atoms with Crippen LogP contribution in [-0.2, 0) is 12.8 Å². The SMILES string of the molecule is CCc1ccc(C(=O)N2CCN(C(=O)c3[nH]c4c(c3C)C(=O)CCC4)CC2)cc1. The zero-order valence-corrected chi connectivity index (χ0v) is 17.1. The molecule has 4 rings (SSSR count). The average Bonchev–Trinajstić information content (AvgIpc) is 3.10. The number of carbonyl (C=O) groups excluding carboxylic acids is 3. The number of fused-ring (bicyclic) bond motifs is 1. The molecule has 152 valence electrons. The summed E-state index contributed by atoms with van der Waals surface area (Å²) >= 11 is 0. The second-order valence-corrected chi connectivity index (χ2v) is 7.89. The molecule has 0 unspecified atom stereocenters. The van der Waals surface area contributed by atoms with Crippen molar-refractivity contribution >= 4 is 17.6 Å². The molecule has 1 N–H and O–H groups in total. The summed E-state index contributed by atoms with van der Waals surface area (Å²) in [6.07, 6.45) is 3.15. The fourth-order valence-corrected chi connectivity index (χ4v) is 4.32. The first-order valence-electron chi connectivity index (χ1n) is 10.4. The smallest absolute Gasteiger partial charge is 0.270 e. The van der Waals surface area contributed by atoms with Crippen molar-refractivity contribution in [2.24, 2.45) is 0 Å². The van der Waals surface area contributed by atoms with Crippen LogP contribution in [0, 0.1) is 6.92 Å². The minimum absolute atomic E-state index is 0.0110. The number of rotatable bonds is 3. The van der Waals surface area contributed by atoms with Crippen molar-refractivity contribution < 1.29 is 14.4 Å². The highest BCUT2D eigenvalue weighted by Crippen LogP contribution is 2.27. The lowest BCUT2D eigenvalue weighted by Gasteiger charge is -2.34. The maximum Gasteiger partial charge on any atom is 0.270 e. The van der Waals surface area contributed by atoms with Gasteiger partial charge in [-0.15, -0.1) is 0 Å². The number of ketones is 1. The zero-order chi connectivity index (χ0) is 20.5. The monoisotopic (exact) mass is 393 g/mol. The van der Waals surface area contributed by atoms with Crippen LogP contribution in [0.15, 0.2) is 24.3 Å². The second kappa shape index (κ2) is 7.85. The van der Waals surface area contributed by atoms with Gasteiger partial charge in [0.1, 0.15) is 5.69 Å². The Bertz CT molecular complexity index is 950. The van der Waals surface area contributed by atoms with Crippen molar-refractivity contribution in [3.63, 3.8) is 0 Å². The number of piperazine rings is 1. The number of nitrogens with zero attached hydrogens (tertiary/aromatic N) is 2. The minimum atomic E-state index is -0.0795. The highest BCUT2D eigenvalue weighted by atomic mass is 16.2. The molecule has 0 spiro atoms. The molecule has 6 nitrogen and oxygen atoms in total. The van der Waals surface area contributed by atoms with Crippen molar-refractivity contribution in [3.8, 4) is 0 Å². The lowest BCUT2D eigenvalue weighted by Crippen LogP contribution is -2.50. The average molecular weight is 393 g/mol. The number of nitrogens with one attached hydrogen (secondary N) is 1. The van der Waals surface area contributed by atoms with Crippen molar-refractivity contribution in [1.29, 1.82) is 0 Å². The maximum absolute atomic E-state index is 13.0. The van der Waals surface area contributed by atoms with Crippen molar-refractivity contribution in [1.82, 2.24) is 14.8 Å². The van der Waals surface area contributed by atoms with Crippen LogP contribution in [0.25, 0.3) is 0 Å². The number of H-pyrrole nitrogens is 1. The number of hydrogen-bond acceptors (Lipinski definition) is 3. The third-order valence-electron chi connectivity index (χ3n) is 6.11. The number of carbonyl (C=O) groups is 3. The minimum Gasteiger partial charge on any atom is -0.354 e. The van der Waals surface area contributed by atoms with E-state index in [2.05, 4.69) is 11.9 Å². The molecular formula is C23H27N3O3. The summed E-state index contributed by atoms with van der Waals surface area (Å²) in [5, 5.41) is 0. The predicted molar refractivity (Wildman–Crippen MR) is 110 cm³/mol. The molecule has 1 aliphatic carbocycles. The Kier molecular flexibility index (Phi) is 5.26. The van der Waals surface area contributed by atoms with Crippen LogP contribution in [0.5, 0.6) is 0 Å². The maximum atomic E-state index is 13.0. The van der Waals surface area contributed by atoms with Crippen LogP contribution in [0.1, 0.15) is 67.8 Å². The van der Waals surface area contributed by atoms with Crippen LogP contribution in [0.2, 0.25) is 0 Å². The molecule has 2 heterocycles. The molecule has 1 aromatic heterocycles. The predicted octanol–water partition coefficient (Wildman–Crippen LogP) is 3.00. The van der Waals surface area contributed by atoms with Gasteiger partial charge in [-0.05, 0) is 49.4 Å². The Labute approximate surface area is 170 Å². The van der Waals surface area contributed by atoms with Crippen LogP contribution >= 0.6 is 0 Å². The molecule has 6 heteroatoms. The first kappa shape index (κ1) is 19.4.